The Bertz CT molecular complexity index is 213. The van der Waals surface area contributed by atoms with Crippen LogP contribution in [-0.4, -0.2) is 36.1 Å². The predicted molar refractivity (Wildman–Crippen MR) is 69.7 cm³/mol. The Labute approximate surface area is 101 Å². The van der Waals surface area contributed by atoms with Gasteiger partial charge in [0.2, 0.25) is 0 Å². The summed E-state index contributed by atoms with van der Waals surface area (Å²) in [5.74, 6) is 1.02. The molecule has 2 fully saturated rings. The molecule has 2 aliphatic rings. The van der Waals surface area contributed by atoms with Crippen LogP contribution in [0.2, 0.25) is 0 Å². The third kappa shape index (κ3) is 2.60. The molecule has 1 aliphatic heterocycles. The van der Waals surface area contributed by atoms with E-state index in [1.54, 1.807) is 0 Å². The van der Waals surface area contributed by atoms with Crippen LogP contribution in [-0.2, 0) is 0 Å². The SMILES string of the molecule is CCC1CN(C(CC)C2CC2)C(CC)CN1. The molecule has 2 rings (SSSR count). The molecule has 0 spiro atoms. The van der Waals surface area contributed by atoms with Crippen molar-refractivity contribution in [3.8, 4) is 0 Å². The molecular formula is C14H28N2. The number of rotatable bonds is 5. The highest BCUT2D eigenvalue weighted by atomic mass is 15.3. The lowest BCUT2D eigenvalue weighted by atomic mass is 9.98. The molecule has 16 heavy (non-hydrogen) atoms. The zero-order valence-electron chi connectivity index (χ0n) is 11.2. The number of piperazine rings is 1. The Morgan fingerprint density at radius 1 is 1.19 bits per heavy atom. The summed E-state index contributed by atoms with van der Waals surface area (Å²) in [5.41, 5.74) is 0. The lowest BCUT2D eigenvalue weighted by molar-refractivity contribution is 0.0647. The largest absolute Gasteiger partial charge is 0.311 e. The third-order valence-electron chi connectivity index (χ3n) is 4.52. The molecule has 1 N–H and O–H groups in total. The van der Waals surface area contributed by atoms with E-state index in [1.807, 2.05) is 0 Å². The summed E-state index contributed by atoms with van der Waals surface area (Å²) in [5, 5.41) is 3.70. The van der Waals surface area contributed by atoms with E-state index >= 15 is 0 Å². The minimum Gasteiger partial charge on any atom is -0.311 e. The molecule has 0 bridgehead atoms. The molecule has 0 aromatic rings. The molecule has 3 atom stereocenters. The second-order valence-corrected chi connectivity index (χ2v) is 5.59. The van der Waals surface area contributed by atoms with Gasteiger partial charge in [0.05, 0.1) is 0 Å². The molecule has 1 saturated heterocycles. The summed E-state index contributed by atoms with van der Waals surface area (Å²) < 4.78 is 0. The van der Waals surface area contributed by atoms with Crippen LogP contribution < -0.4 is 5.32 Å². The first kappa shape index (κ1) is 12.4. The van der Waals surface area contributed by atoms with E-state index in [-0.39, 0.29) is 0 Å². The average molecular weight is 224 g/mol. The van der Waals surface area contributed by atoms with E-state index in [9.17, 15) is 0 Å². The summed E-state index contributed by atoms with van der Waals surface area (Å²) in [6.07, 6.45) is 6.88. The first-order valence-electron chi connectivity index (χ1n) is 7.29. The lowest BCUT2D eigenvalue weighted by Gasteiger charge is -2.44. The molecule has 0 aromatic carbocycles. The summed E-state index contributed by atoms with van der Waals surface area (Å²) in [6.45, 7) is 9.51. The highest BCUT2D eigenvalue weighted by molar-refractivity contribution is 4.94. The fourth-order valence-electron chi connectivity index (χ4n) is 3.27. The quantitative estimate of drug-likeness (QED) is 0.772. The van der Waals surface area contributed by atoms with Crippen LogP contribution in [0, 0.1) is 5.92 Å². The minimum atomic E-state index is 0.732. The Morgan fingerprint density at radius 2 is 1.94 bits per heavy atom. The van der Waals surface area contributed by atoms with Gasteiger partial charge >= 0.3 is 0 Å². The first-order chi connectivity index (χ1) is 7.80. The maximum Gasteiger partial charge on any atom is 0.0221 e. The van der Waals surface area contributed by atoms with Crippen molar-refractivity contribution in [2.24, 2.45) is 5.92 Å². The van der Waals surface area contributed by atoms with Crippen LogP contribution in [0.1, 0.15) is 52.9 Å². The summed E-state index contributed by atoms with van der Waals surface area (Å²) >= 11 is 0. The molecule has 3 unspecified atom stereocenters. The first-order valence-corrected chi connectivity index (χ1v) is 7.29. The number of nitrogens with zero attached hydrogens (tertiary/aromatic N) is 1. The second-order valence-electron chi connectivity index (χ2n) is 5.59. The van der Waals surface area contributed by atoms with Gasteiger partial charge in [0.1, 0.15) is 0 Å². The summed E-state index contributed by atoms with van der Waals surface area (Å²) in [6, 6.07) is 2.39. The van der Waals surface area contributed by atoms with Crippen molar-refractivity contribution in [1.82, 2.24) is 10.2 Å². The van der Waals surface area contributed by atoms with Crippen molar-refractivity contribution in [2.75, 3.05) is 13.1 Å². The fourth-order valence-corrected chi connectivity index (χ4v) is 3.27. The minimum absolute atomic E-state index is 0.732. The van der Waals surface area contributed by atoms with E-state index in [1.165, 1.54) is 45.2 Å². The molecule has 2 nitrogen and oxygen atoms in total. The molecule has 1 heterocycles. The zero-order chi connectivity index (χ0) is 11.5. The Balaban J connectivity index is 2.00. The Kier molecular flexibility index (Phi) is 4.26. The molecule has 1 saturated carbocycles. The molecule has 1 aliphatic carbocycles. The van der Waals surface area contributed by atoms with Crippen LogP contribution in [0.3, 0.4) is 0 Å². The topological polar surface area (TPSA) is 15.3 Å². The number of nitrogens with one attached hydrogen (secondary N) is 1. The standard InChI is InChI=1S/C14H28N2/c1-4-12-10-16(13(5-2)9-15-12)14(6-3)11-7-8-11/h11-15H,4-10H2,1-3H3. The van der Waals surface area contributed by atoms with Gasteiger partial charge in [0.15, 0.2) is 0 Å². The highest BCUT2D eigenvalue weighted by Gasteiger charge is 2.38. The molecule has 0 aromatic heterocycles. The second kappa shape index (κ2) is 5.50. The van der Waals surface area contributed by atoms with Gasteiger partial charge < -0.3 is 5.32 Å². The average Bonchev–Trinajstić information content (AvgIpc) is 3.14. The van der Waals surface area contributed by atoms with Crippen LogP contribution in [0.25, 0.3) is 0 Å². The van der Waals surface area contributed by atoms with Crippen molar-refractivity contribution < 1.29 is 0 Å². The molecule has 2 heteroatoms. The van der Waals surface area contributed by atoms with E-state index in [0.717, 1.165) is 24.0 Å². The van der Waals surface area contributed by atoms with E-state index < -0.39 is 0 Å². The van der Waals surface area contributed by atoms with Gasteiger partial charge in [-0.05, 0) is 38.0 Å². The molecule has 0 radical (unpaired) electrons. The zero-order valence-corrected chi connectivity index (χ0v) is 11.2. The van der Waals surface area contributed by atoms with Crippen molar-refractivity contribution >= 4 is 0 Å². The maximum absolute atomic E-state index is 3.70. The smallest absolute Gasteiger partial charge is 0.0221 e. The van der Waals surface area contributed by atoms with E-state index in [0.29, 0.717) is 0 Å². The van der Waals surface area contributed by atoms with Gasteiger partial charge in [-0.1, -0.05) is 20.8 Å². The van der Waals surface area contributed by atoms with Crippen LogP contribution >= 0.6 is 0 Å². The van der Waals surface area contributed by atoms with Crippen molar-refractivity contribution in [3.63, 3.8) is 0 Å². The summed E-state index contributed by atoms with van der Waals surface area (Å²) in [7, 11) is 0. The van der Waals surface area contributed by atoms with Gasteiger partial charge in [0.25, 0.3) is 0 Å². The third-order valence-corrected chi connectivity index (χ3v) is 4.52. The normalized spacial score (nSPS) is 33.9. The molecular weight excluding hydrogens is 196 g/mol. The fraction of sp³-hybridized carbons (Fsp3) is 1.00. The highest BCUT2D eigenvalue weighted by Crippen LogP contribution is 2.38. The maximum atomic E-state index is 3.70. The molecule has 0 amide bonds. The van der Waals surface area contributed by atoms with E-state index in [2.05, 4.69) is 31.0 Å². The summed E-state index contributed by atoms with van der Waals surface area (Å²) in [4.78, 5) is 2.84. The van der Waals surface area contributed by atoms with Crippen LogP contribution in [0.15, 0.2) is 0 Å². The van der Waals surface area contributed by atoms with E-state index in [4.69, 9.17) is 0 Å². The van der Waals surface area contributed by atoms with Crippen LogP contribution in [0.4, 0.5) is 0 Å². The van der Waals surface area contributed by atoms with Gasteiger partial charge in [-0.3, -0.25) is 4.90 Å². The van der Waals surface area contributed by atoms with Gasteiger partial charge in [-0.25, -0.2) is 0 Å². The van der Waals surface area contributed by atoms with Crippen molar-refractivity contribution in [3.05, 3.63) is 0 Å². The monoisotopic (exact) mass is 224 g/mol. The molecule has 94 valence electrons. The van der Waals surface area contributed by atoms with Gasteiger partial charge in [0, 0.05) is 31.2 Å². The lowest BCUT2D eigenvalue weighted by Crippen LogP contribution is -2.59. The Hall–Kier alpha value is -0.0800. The van der Waals surface area contributed by atoms with Gasteiger partial charge in [-0.2, -0.15) is 0 Å². The number of hydrogen-bond acceptors (Lipinski definition) is 2. The van der Waals surface area contributed by atoms with Crippen LogP contribution in [0.5, 0.6) is 0 Å². The Morgan fingerprint density at radius 3 is 2.44 bits per heavy atom. The van der Waals surface area contributed by atoms with Crippen molar-refractivity contribution in [2.45, 2.75) is 71.0 Å². The number of hydrogen-bond donors (Lipinski definition) is 1. The van der Waals surface area contributed by atoms with Crippen molar-refractivity contribution in [1.29, 1.82) is 0 Å². The predicted octanol–water partition coefficient (Wildman–Crippen LogP) is 2.64. The van der Waals surface area contributed by atoms with Gasteiger partial charge in [-0.15, -0.1) is 0 Å².